The van der Waals surface area contributed by atoms with Gasteiger partial charge in [-0.3, -0.25) is 0 Å². The van der Waals surface area contributed by atoms with Gasteiger partial charge in [0.1, 0.15) is 0 Å². The van der Waals surface area contributed by atoms with Gasteiger partial charge in [0.15, 0.2) is 0 Å². The summed E-state index contributed by atoms with van der Waals surface area (Å²) in [6, 6.07) is 2.07. The van der Waals surface area contributed by atoms with E-state index in [9.17, 15) is 5.11 Å². The zero-order valence-corrected chi connectivity index (χ0v) is 12.9. The monoisotopic (exact) mass is 281 g/mol. The molecule has 4 nitrogen and oxygen atoms in total. The quantitative estimate of drug-likeness (QED) is 0.781. The van der Waals surface area contributed by atoms with Gasteiger partial charge in [-0.1, -0.05) is 13.8 Å². The Morgan fingerprint density at radius 3 is 2.90 bits per heavy atom. The lowest BCUT2D eigenvalue weighted by Crippen LogP contribution is -2.26. The van der Waals surface area contributed by atoms with Crippen LogP contribution >= 0.6 is 0 Å². The molecule has 0 saturated heterocycles. The van der Waals surface area contributed by atoms with Gasteiger partial charge >= 0.3 is 0 Å². The first kappa shape index (κ1) is 15.5. The van der Waals surface area contributed by atoms with Crippen LogP contribution in [0.3, 0.4) is 0 Å². The average molecular weight is 281 g/mol. The summed E-state index contributed by atoms with van der Waals surface area (Å²) in [5.74, 6) is 0. The smallest absolute Gasteiger partial charge is 0.0812 e. The largest absolute Gasteiger partial charge is 0.388 e. The number of aliphatic hydroxyl groups excluding tert-OH is 1. The Labute approximate surface area is 121 Å². The highest BCUT2D eigenvalue weighted by atomic mass is 16.5. The van der Waals surface area contributed by atoms with Crippen LogP contribution in [0.4, 0.5) is 0 Å². The third-order valence-corrected chi connectivity index (χ3v) is 3.98. The molecule has 1 heterocycles. The van der Waals surface area contributed by atoms with Crippen molar-refractivity contribution in [2.45, 2.75) is 45.8 Å². The van der Waals surface area contributed by atoms with Gasteiger partial charge in [-0.25, -0.2) is 0 Å². The number of methoxy groups -OCH3 is 1. The van der Waals surface area contributed by atoms with Crippen molar-refractivity contribution in [2.24, 2.45) is 5.41 Å². The van der Waals surface area contributed by atoms with Crippen LogP contribution in [0.25, 0.3) is 0 Å². The third-order valence-electron chi connectivity index (χ3n) is 3.98. The molecule has 0 aliphatic heterocycles. The number of aryl methyl sites for hydroxylation is 1. The van der Waals surface area contributed by atoms with Gasteiger partial charge in [-0.15, -0.1) is 0 Å². The van der Waals surface area contributed by atoms with Gasteiger partial charge in [0.25, 0.3) is 0 Å². The van der Waals surface area contributed by atoms with Crippen molar-refractivity contribution in [3.8, 4) is 0 Å². The molecule has 1 unspecified atom stereocenters. The summed E-state index contributed by atoms with van der Waals surface area (Å²) in [5, 5.41) is 10.2. The lowest BCUT2D eigenvalue weighted by molar-refractivity contribution is 0.0676. The van der Waals surface area contributed by atoms with E-state index in [0.29, 0.717) is 13.2 Å². The van der Waals surface area contributed by atoms with Crippen molar-refractivity contribution < 1.29 is 14.6 Å². The van der Waals surface area contributed by atoms with Crippen LogP contribution < -0.4 is 0 Å². The summed E-state index contributed by atoms with van der Waals surface area (Å²) in [4.78, 5) is 0. The van der Waals surface area contributed by atoms with E-state index in [1.54, 1.807) is 7.11 Å². The molecule has 1 aromatic heterocycles. The Kier molecular flexibility index (Phi) is 5.24. The van der Waals surface area contributed by atoms with Crippen molar-refractivity contribution in [1.82, 2.24) is 4.57 Å². The first-order chi connectivity index (χ1) is 9.53. The summed E-state index contributed by atoms with van der Waals surface area (Å²) >= 11 is 0. The number of ether oxygens (including phenoxy) is 2. The molecule has 0 spiro atoms. The minimum atomic E-state index is -0.312. The van der Waals surface area contributed by atoms with Crippen molar-refractivity contribution in [2.75, 3.05) is 26.9 Å². The van der Waals surface area contributed by atoms with Crippen LogP contribution in [0, 0.1) is 5.41 Å². The predicted octanol–water partition coefficient (Wildman–Crippen LogP) is 2.55. The SMILES string of the molecule is COCCOCCCn1ccc2c1CC(C)(C)CC2O. The van der Waals surface area contributed by atoms with E-state index in [4.69, 9.17) is 9.47 Å². The fourth-order valence-electron chi connectivity index (χ4n) is 2.98. The Bertz CT molecular complexity index is 425. The molecule has 2 rings (SSSR count). The summed E-state index contributed by atoms with van der Waals surface area (Å²) in [6.45, 7) is 7.47. The highest BCUT2D eigenvalue weighted by molar-refractivity contribution is 5.29. The normalized spacial score (nSPS) is 20.9. The summed E-state index contributed by atoms with van der Waals surface area (Å²) < 4.78 is 12.7. The fraction of sp³-hybridized carbons (Fsp3) is 0.750. The average Bonchev–Trinajstić information content (AvgIpc) is 2.75. The zero-order valence-electron chi connectivity index (χ0n) is 12.9. The molecular formula is C16H27NO3. The van der Waals surface area contributed by atoms with Gasteiger partial charge in [0.05, 0.1) is 19.3 Å². The van der Waals surface area contributed by atoms with Crippen molar-refractivity contribution in [3.05, 3.63) is 23.5 Å². The first-order valence-electron chi connectivity index (χ1n) is 7.46. The highest BCUT2D eigenvalue weighted by Crippen LogP contribution is 2.41. The Morgan fingerprint density at radius 1 is 1.35 bits per heavy atom. The van der Waals surface area contributed by atoms with Gasteiger partial charge < -0.3 is 19.1 Å². The topological polar surface area (TPSA) is 43.6 Å². The molecule has 4 heteroatoms. The maximum absolute atomic E-state index is 10.2. The number of nitrogens with zero attached hydrogens (tertiary/aromatic N) is 1. The zero-order chi connectivity index (χ0) is 14.6. The third kappa shape index (κ3) is 3.84. The molecule has 1 atom stereocenters. The molecule has 0 radical (unpaired) electrons. The van der Waals surface area contributed by atoms with Crippen LogP contribution in [0.15, 0.2) is 12.3 Å². The van der Waals surface area contributed by atoms with Gasteiger partial charge in [0, 0.05) is 37.7 Å². The van der Waals surface area contributed by atoms with Crippen molar-refractivity contribution >= 4 is 0 Å². The van der Waals surface area contributed by atoms with Crippen LogP contribution in [0.1, 0.15) is 44.1 Å². The number of rotatable bonds is 7. The second kappa shape index (κ2) is 6.74. The number of fused-ring (bicyclic) bond motifs is 1. The minimum Gasteiger partial charge on any atom is -0.388 e. The van der Waals surface area contributed by atoms with Gasteiger partial charge in [-0.2, -0.15) is 0 Å². The Balaban J connectivity index is 1.88. The van der Waals surface area contributed by atoms with Gasteiger partial charge in [0.2, 0.25) is 0 Å². The van der Waals surface area contributed by atoms with Crippen LogP contribution in [0.2, 0.25) is 0 Å². The number of hydrogen-bond acceptors (Lipinski definition) is 3. The molecule has 0 amide bonds. The summed E-state index contributed by atoms with van der Waals surface area (Å²) in [6.07, 6.45) is 4.67. The Morgan fingerprint density at radius 2 is 2.15 bits per heavy atom. The van der Waals surface area contributed by atoms with E-state index >= 15 is 0 Å². The molecule has 1 aliphatic rings. The molecule has 1 aromatic rings. The molecular weight excluding hydrogens is 254 g/mol. The minimum absolute atomic E-state index is 0.178. The molecule has 20 heavy (non-hydrogen) atoms. The lowest BCUT2D eigenvalue weighted by Gasteiger charge is -2.34. The number of aromatic nitrogens is 1. The van der Waals surface area contributed by atoms with Crippen LogP contribution in [-0.2, 0) is 22.4 Å². The maximum atomic E-state index is 10.2. The van der Waals surface area contributed by atoms with Crippen molar-refractivity contribution in [1.29, 1.82) is 0 Å². The predicted molar refractivity (Wildman–Crippen MR) is 78.8 cm³/mol. The second-order valence-electron chi connectivity index (χ2n) is 6.43. The van der Waals surface area contributed by atoms with E-state index < -0.39 is 0 Å². The molecule has 0 bridgehead atoms. The first-order valence-corrected chi connectivity index (χ1v) is 7.46. The lowest BCUT2D eigenvalue weighted by atomic mass is 9.75. The summed E-state index contributed by atoms with van der Waals surface area (Å²) in [7, 11) is 1.68. The van der Waals surface area contributed by atoms with Crippen molar-refractivity contribution in [3.63, 3.8) is 0 Å². The standard InChI is InChI=1S/C16H27NO3/c1-16(2)11-14-13(15(18)12-16)5-7-17(14)6-4-8-20-10-9-19-3/h5,7,15,18H,4,6,8-12H2,1-3H3. The Hall–Kier alpha value is -0.840. The van der Waals surface area contributed by atoms with Gasteiger partial charge in [-0.05, 0) is 30.7 Å². The van der Waals surface area contributed by atoms with E-state index in [2.05, 4.69) is 30.7 Å². The van der Waals surface area contributed by atoms with E-state index in [-0.39, 0.29) is 11.5 Å². The molecule has 0 saturated carbocycles. The molecule has 1 aliphatic carbocycles. The van der Waals surface area contributed by atoms with E-state index in [0.717, 1.165) is 38.0 Å². The van der Waals surface area contributed by atoms with E-state index in [1.807, 2.05) is 0 Å². The fourth-order valence-corrected chi connectivity index (χ4v) is 2.98. The maximum Gasteiger partial charge on any atom is 0.0812 e. The highest BCUT2D eigenvalue weighted by Gasteiger charge is 2.32. The molecule has 114 valence electrons. The van der Waals surface area contributed by atoms with Crippen LogP contribution in [-0.4, -0.2) is 36.6 Å². The summed E-state index contributed by atoms with van der Waals surface area (Å²) in [5.41, 5.74) is 2.59. The second-order valence-corrected chi connectivity index (χ2v) is 6.43. The van der Waals surface area contributed by atoms with E-state index in [1.165, 1.54) is 5.69 Å². The number of hydrogen-bond donors (Lipinski definition) is 1. The molecule has 0 fully saturated rings. The molecule has 0 aromatic carbocycles. The van der Waals surface area contributed by atoms with Crippen LogP contribution in [0.5, 0.6) is 0 Å². The molecule has 1 N–H and O–H groups in total. The number of aliphatic hydroxyl groups is 1.